The number of benzene rings is 1. The Balaban J connectivity index is 2.44. The maximum Gasteiger partial charge on any atom is 0.326 e. The van der Waals surface area contributed by atoms with Gasteiger partial charge in [-0.15, -0.1) is 0 Å². The van der Waals surface area contributed by atoms with E-state index in [4.69, 9.17) is 5.11 Å². The number of carboxylic acids is 1. The van der Waals surface area contributed by atoms with Crippen LogP contribution in [-0.2, 0) is 16.0 Å². The summed E-state index contributed by atoms with van der Waals surface area (Å²) in [5.74, 6) is -1.22. The van der Waals surface area contributed by atoms with Crippen molar-refractivity contribution < 1.29 is 14.7 Å². The molecule has 0 aliphatic carbocycles. The number of carbonyl (C=O) groups excluding carboxylic acids is 1. The van der Waals surface area contributed by atoms with Crippen LogP contribution in [0, 0.1) is 0 Å². The van der Waals surface area contributed by atoms with Crippen LogP contribution in [0.2, 0.25) is 0 Å². The van der Waals surface area contributed by atoms with E-state index in [0.717, 1.165) is 10.0 Å². The van der Waals surface area contributed by atoms with E-state index < -0.39 is 12.0 Å². The summed E-state index contributed by atoms with van der Waals surface area (Å²) in [7, 11) is 0. The van der Waals surface area contributed by atoms with E-state index in [1.165, 1.54) is 0 Å². The predicted molar refractivity (Wildman–Crippen MR) is 72.3 cm³/mol. The molecule has 1 rings (SSSR count). The Hall–Kier alpha value is -1.36. The molecule has 0 saturated carbocycles. The third kappa shape index (κ3) is 4.87. The highest BCUT2D eigenvalue weighted by Crippen LogP contribution is 2.12. The van der Waals surface area contributed by atoms with Crippen LogP contribution in [0.3, 0.4) is 0 Å². The van der Waals surface area contributed by atoms with Crippen molar-refractivity contribution in [3.8, 4) is 0 Å². The number of nitrogens with one attached hydrogen (secondary N) is 1. The summed E-state index contributed by atoms with van der Waals surface area (Å²) in [6, 6.07) is 6.92. The topological polar surface area (TPSA) is 66.4 Å². The van der Waals surface area contributed by atoms with Gasteiger partial charge < -0.3 is 10.4 Å². The Bertz CT molecular complexity index is 434. The molecule has 0 fully saturated rings. The van der Waals surface area contributed by atoms with E-state index >= 15 is 0 Å². The lowest BCUT2D eigenvalue weighted by Gasteiger charge is -2.12. The lowest BCUT2D eigenvalue weighted by Crippen LogP contribution is -2.40. The van der Waals surface area contributed by atoms with Gasteiger partial charge >= 0.3 is 5.97 Å². The van der Waals surface area contributed by atoms with Crippen molar-refractivity contribution in [2.75, 3.05) is 0 Å². The fourth-order valence-electron chi connectivity index (χ4n) is 1.56. The van der Waals surface area contributed by atoms with Crippen molar-refractivity contribution in [1.82, 2.24) is 5.32 Å². The summed E-state index contributed by atoms with van der Waals surface area (Å²) in [5.41, 5.74) is 1.04. The minimum Gasteiger partial charge on any atom is -0.480 e. The van der Waals surface area contributed by atoms with Gasteiger partial charge in [-0.25, -0.2) is 4.79 Å². The van der Waals surface area contributed by atoms with Crippen LogP contribution in [0.5, 0.6) is 0 Å². The van der Waals surface area contributed by atoms with E-state index in [9.17, 15) is 9.59 Å². The lowest BCUT2D eigenvalue weighted by molar-refractivity contribution is -0.141. The van der Waals surface area contributed by atoms with Crippen LogP contribution in [-0.4, -0.2) is 23.0 Å². The van der Waals surface area contributed by atoms with Gasteiger partial charge in [-0.2, -0.15) is 0 Å². The molecule has 18 heavy (non-hydrogen) atoms. The summed E-state index contributed by atoms with van der Waals surface area (Å²) in [6.07, 6.45) is 1.28. The molecular formula is C13H16BrNO3. The van der Waals surface area contributed by atoms with Gasteiger partial charge in [0.25, 0.3) is 0 Å². The van der Waals surface area contributed by atoms with Gasteiger partial charge in [-0.1, -0.05) is 35.0 Å². The Morgan fingerprint density at radius 1 is 1.44 bits per heavy atom. The zero-order valence-corrected chi connectivity index (χ0v) is 11.7. The highest BCUT2D eigenvalue weighted by molar-refractivity contribution is 9.10. The Morgan fingerprint density at radius 3 is 2.72 bits per heavy atom. The SMILES string of the molecule is CC[C@H](NC(=O)CCc1cccc(Br)c1)C(=O)O. The normalized spacial score (nSPS) is 11.9. The molecular weight excluding hydrogens is 298 g/mol. The number of aryl methyl sites for hydroxylation is 1. The molecule has 1 aromatic rings. The number of carboxylic acid groups (broad SMARTS) is 1. The second-order valence-corrected chi connectivity index (χ2v) is 4.91. The first-order valence-corrected chi connectivity index (χ1v) is 6.59. The number of aliphatic carboxylic acids is 1. The van der Waals surface area contributed by atoms with Crippen LogP contribution in [0.4, 0.5) is 0 Å². The monoisotopic (exact) mass is 313 g/mol. The molecule has 2 N–H and O–H groups in total. The number of hydrogen-bond donors (Lipinski definition) is 2. The van der Waals surface area contributed by atoms with Gasteiger partial charge in [0.05, 0.1) is 0 Å². The third-order valence-electron chi connectivity index (χ3n) is 2.57. The van der Waals surface area contributed by atoms with Crippen LogP contribution in [0.15, 0.2) is 28.7 Å². The van der Waals surface area contributed by atoms with E-state index in [0.29, 0.717) is 19.3 Å². The van der Waals surface area contributed by atoms with Crippen molar-refractivity contribution in [1.29, 1.82) is 0 Å². The fraction of sp³-hybridized carbons (Fsp3) is 0.385. The molecule has 1 aromatic carbocycles. The molecule has 0 aliphatic heterocycles. The first-order chi connectivity index (χ1) is 8.52. The Kier molecular flexibility index (Phi) is 5.85. The molecule has 0 aliphatic rings. The number of carbonyl (C=O) groups is 2. The summed E-state index contributed by atoms with van der Waals surface area (Å²) >= 11 is 3.36. The predicted octanol–water partition coefficient (Wildman–Crippen LogP) is 2.36. The van der Waals surface area contributed by atoms with E-state index in [1.54, 1.807) is 6.92 Å². The van der Waals surface area contributed by atoms with Crippen LogP contribution >= 0.6 is 15.9 Å². The van der Waals surface area contributed by atoms with E-state index in [-0.39, 0.29) is 5.91 Å². The molecule has 0 heterocycles. The minimum absolute atomic E-state index is 0.232. The summed E-state index contributed by atoms with van der Waals surface area (Å²) in [6.45, 7) is 1.73. The molecule has 0 saturated heterocycles. The van der Waals surface area contributed by atoms with Crippen molar-refractivity contribution >= 4 is 27.8 Å². The fourth-order valence-corrected chi connectivity index (χ4v) is 2.00. The molecule has 0 spiro atoms. The first-order valence-electron chi connectivity index (χ1n) is 5.79. The number of amides is 1. The van der Waals surface area contributed by atoms with Gasteiger partial charge in [-0.3, -0.25) is 4.79 Å². The van der Waals surface area contributed by atoms with Gasteiger partial charge in [0.15, 0.2) is 0 Å². The van der Waals surface area contributed by atoms with Crippen molar-refractivity contribution in [3.05, 3.63) is 34.3 Å². The highest BCUT2D eigenvalue weighted by Gasteiger charge is 2.16. The van der Waals surface area contributed by atoms with Crippen LogP contribution in [0.25, 0.3) is 0 Å². The van der Waals surface area contributed by atoms with E-state index in [2.05, 4.69) is 21.2 Å². The zero-order chi connectivity index (χ0) is 13.5. The minimum atomic E-state index is -0.992. The molecule has 1 amide bonds. The van der Waals surface area contributed by atoms with Gasteiger partial charge in [0, 0.05) is 10.9 Å². The lowest BCUT2D eigenvalue weighted by atomic mass is 10.1. The number of rotatable bonds is 6. The highest BCUT2D eigenvalue weighted by atomic mass is 79.9. The molecule has 1 atom stereocenters. The molecule has 5 heteroatoms. The molecule has 0 radical (unpaired) electrons. The van der Waals surface area contributed by atoms with Crippen LogP contribution < -0.4 is 5.32 Å². The smallest absolute Gasteiger partial charge is 0.326 e. The van der Waals surface area contributed by atoms with Gasteiger partial charge in [0.2, 0.25) is 5.91 Å². The summed E-state index contributed by atoms with van der Waals surface area (Å²) in [4.78, 5) is 22.4. The van der Waals surface area contributed by atoms with Gasteiger partial charge in [-0.05, 0) is 30.5 Å². The molecule has 4 nitrogen and oxygen atoms in total. The quantitative estimate of drug-likeness (QED) is 0.847. The average molecular weight is 314 g/mol. The third-order valence-corrected chi connectivity index (χ3v) is 3.06. The number of hydrogen-bond acceptors (Lipinski definition) is 2. The van der Waals surface area contributed by atoms with Crippen molar-refractivity contribution in [3.63, 3.8) is 0 Å². The summed E-state index contributed by atoms with van der Waals surface area (Å²) < 4.78 is 0.970. The van der Waals surface area contributed by atoms with Crippen molar-refractivity contribution in [2.45, 2.75) is 32.2 Å². The second-order valence-electron chi connectivity index (χ2n) is 4.00. The second kappa shape index (κ2) is 7.16. The first kappa shape index (κ1) is 14.7. The maximum atomic E-state index is 11.6. The molecule has 98 valence electrons. The Morgan fingerprint density at radius 2 is 2.17 bits per heavy atom. The molecule has 0 unspecified atom stereocenters. The maximum absolute atomic E-state index is 11.6. The standard InChI is InChI=1S/C13H16BrNO3/c1-2-11(13(17)18)15-12(16)7-6-9-4-3-5-10(14)8-9/h3-5,8,11H,2,6-7H2,1H3,(H,15,16)(H,17,18)/t11-/m0/s1. The Labute approximate surface area is 115 Å². The number of halogens is 1. The largest absolute Gasteiger partial charge is 0.480 e. The van der Waals surface area contributed by atoms with Crippen molar-refractivity contribution in [2.24, 2.45) is 0 Å². The van der Waals surface area contributed by atoms with Crippen LogP contribution in [0.1, 0.15) is 25.3 Å². The summed E-state index contributed by atoms with van der Waals surface area (Å²) in [5, 5.41) is 11.3. The molecule has 0 bridgehead atoms. The van der Waals surface area contributed by atoms with E-state index in [1.807, 2.05) is 24.3 Å². The average Bonchev–Trinajstić information content (AvgIpc) is 2.33. The molecule has 0 aromatic heterocycles. The van der Waals surface area contributed by atoms with Gasteiger partial charge in [0.1, 0.15) is 6.04 Å². The zero-order valence-electron chi connectivity index (χ0n) is 10.1.